The number of thioether (sulfide) groups is 1. The summed E-state index contributed by atoms with van der Waals surface area (Å²) in [5, 5.41) is 3.65. The fourth-order valence-electron chi connectivity index (χ4n) is 4.86. The smallest absolute Gasteiger partial charge is 0.310 e. The second-order valence-corrected chi connectivity index (χ2v) is 12.5. The molecule has 0 saturated carbocycles. The fraction of sp³-hybridized carbons (Fsp3) is 0.483. The predicted molar refractivity (Wildman–Crippen MR) is 165 cm³/mol. The molecule has 14 heteroatoms. The van der Waals surface area contributed by atoms with Gasteiger partial charge < -0.3 is 24.1 Å². The molecule has 12 nitrogen and oxygen atoms in total. The molecule has 3 atom stereocenters. The zero-order valence-corrected chi connectivity index (χ0v) is 26.7. The van der Waals surface area contributed by atoms with Crippen molar-refractivity contribution < 1.29 is 32.2 Å². The van der Waals surface area contributed by atoms with Crippen LogP contribution in [0.5, 0.6) is 5.75 Å². The Morgan fingerprint density at radius 2 is 1.95 bits per heavy atom. The minimum atomic E-state index is -4.21. The van der Waals surface area contributed by atoms with Crippen molar-refractivity contribution in [1.82, 2.24) is 19.2 Å². The number of cyclic esters (lactones) is 1. The zero-order valence-electron chi connectivity index (χ0n) is 25.0. The van der Waals surface area contributed by atoms with Gasteiger partial charge >= 0.3 is 5.97 Å². The number of fused-ring (bicyclic) bond motifs is 1. The summed E-state index contributed by atoms with van der Waals surface area (Å²) in [5.74, 6) is -0.735. The Hall–Kier alpha value is -3.17. The minimum Gasteiger partial charge on any atom is -0.487 e. The summed E-state index contributed by atoms with van der Waals surface area (Å²) >= 11 is 1.50. The number of carbonyl (C=O) groups excluding carboxylic acids is 2. The molecule has 1 amide bonds. The van der Waals surface area contributed by atoms with Crippen LogP contribution in [0.4, 0.5) is 5.69 Å². The van der Waals surface area contributed by atoms with Gasteiger partial charge in [0.25, 0.3) is 0 Å². The molecule has 0 spiro atoms. The SMILES string of the molecule is CCOC1OC(=O)CC1NS(=O)(=O)c1ccc(NC(=O)CN(CC)CC)cc1OC(C)Cn1c(SC)nc2ccccc21. The Morgan fingerprint density at radius 3 is 2.65 bits per heavy atom. The summed E-state index contributed by atoms with van der Waals surface area (Å²) < 4.78 is 48.8. The van der Waals surface area contributed by atoms with E-state index in [1.165, 1.54) is 30.0 Å². The van der Waals surface area contributed by atoms with Crippen LogP contribution in [-0.2, 0) is 35.6 Å². The molecule has 4 rings (SSSR count). The van der Waals surface area contributed by atoms with E-state index in [1.807, 2.05) is 60.8 Å². The van der Waals surface area contributed by atoms with E-state index in [2.05, 4.69) is 15.0 Å². The molecule has 0 aliphatic carbocycles. The number of aromatic nitrogens is 2. The number of rotatable bonds is 15. The highest BCUT2D eigenvalue weighted by Gasteiger charge is 2.39. The zero-order chi connectivity index (χ0) is 31.1. The average molecular weight is 634 g/mol. The summed E-state index contributed by atoms with van der Waals surface area (Å²) in [7, 11) is -4.21. The Labute approximate surface area is 256 Å². The molecule has 3 unspecified atom stereocenters. The standard InChI is InChI=1S/C29H39N5O7S2/c1-6-33(7-2)18-26(35)30-20-13-14-25(43(37,38)32-22-16-27(36)41-28(22)39-8-3)24(15-20)40-19(4)17-34-23-12-10-9-11-21(23)31-29(34)42-5/h9-15,19,22,28,32H,6-8,16-18H2,1-5H3,(H,30,35). The largest absolute Gasteiger partial charge is 0.487 e. The maximum absolute atomic E-state index is 13.7. The van der Waals surface area contributed by atoms with Gasteiger partial charge in [-0.25, -0.2) is 18.1 Å². The van der Waals surface area contributed by atoms with Gasteiger partial charge in [0.05, 0.1) is 36.6 Å². The van der Waals surface area contributed by atoms with Crippen molar-refractivity contribution in [3.05, 3.63) is 42.5 Å². The second kappa shape index (κ2) is 14.5. The third-order valence-electron chi connectivity index (χ3n) is 6.95. The van der Waals surface area contributed by atoms with E-state index in [1.54, 1.807) is 6.92 Å². The number of anilines is 1. The molecule has 3 aromatic rings. The Bertz CT molecular complexity index is 1540. The van der Waals surface area contributed by atoms with E-state index < -0.39 is 34.4 Å². The summed E-state index contributed by atoms with van der Waals surface area (Å²) in [6.45, 7) is 9.77. The molecule has 1 aromatic heterocycles. The molecule has 2 heterocycles. The highest BCUT2D eigenvalue weighted by Crippen LogP contribution is 2.31. The fourth-order valence-corrected chi connectivity index (χ4v) is 6.78. The lowest BCUT2D eigenvalue weighted by molar-refractivity contribution is -0.163. The average Bonchev–Trinajstić information content (AvgIpc) is 3.49. The van der Waals surface area contributed by atoms with Crippen molar-refractivity contribution in [3.8, 4) is 5.75 Å². The van der Waals surface area contributed by atoms with Crippen LogP contribution < -0.4 is 14.8 Å². The molecular formula is C29H39N5O7S2. The number of imidazole rings is 1. The normalized spacial score (nSPS) is 17.8. The van der Waals surface area contributed by atoms with Crippen molar-refractivity contribution in [2.45, 2.75) is 69.1 Å². The number of sulfonamides is 1. The first-order valence-corrected chi connectivity index (χ1v) is 16.9. The maximum Gasteiger partial charge on any atom is 0.310 e. The number of likely N-dealkylation sites (N-methyl/N-ethyl adjacent to an activating group) is 1. The minimum absolute atomic E-state index is 0.0500. The lowest BCUT2D eigenvalue weighted by Gasteiger charge is -2.22. The molecule has 2 aromatic carbocycles. The van der Waals surface area contributed by atoms with Gasteiger partial charge in [-0.2, -0.15) is 0 Å². The lowest BCUT2D eigenvalue weighted by atomic mass is 10.2. The molecule has 1 aliphatic heterocycles. The van der Waals surface area contributed by atoms with E-state index in [0.29, 0.717) is 12.2 Å². The third-order valence-corrected chi connectivity index (χ3v) is 9.15. The number of para-hydroxylation sites is 2. The third kappa shape index (κ3) is 8.06. The number of benzene rings is 2. The van der Waals surface area contributed by atoms with Crippen LogP contribution in [-0.4, -0.2) is 85.7 Å². The predicted octanol–water partition coefficient (Wildman–Crippen LogP) is 3.46. The first kappa shape index (κ1) is 32.7. The number of hydrogen-bond acceptors (Lipinski definition) is 10. The maximum atomic E-state index is 13.7. The van der Waals surface area contributed by atoms with E-state index in [0.717, 1.165) is 29.3 Å². The number of nitrogens with zero attached hydrogens (tertiary/aromatic N) is 3. The first-order valence-electron chi connectivity index (χ1n) is 14.2. The van der Waals surface area contributed by atoms with Gasteiger partial charge in [-0.05, 0) is 57.5 Å². The topological polar surface area (TPSA) is 141 Å². The van der Waals surface area contributed by atoms with Crippen molar-refractivity contribution in [2.75, 3.05) is 37.8 Å². The van der Waals surface area contributed by atoms with Crippen LogP contribution >= 0.6 is 11.8 Å². The highest BCUT2D eigenvalue weighted by molar-refractivity contribution is 7.98. The van der Waals surface area contributed by atoms with E-state index >= 15 is 0 Å². The van der Waals surface area contributed by atoms with Gasteiger partial charge in [0.2, 0.25) is 22.2 Å². The summed E-state index contributed by atoms with van der Waals surface area (Å²) in [6, 6.07) is 11.3. The number of amides is 1. The van der Waals surface area contributed by atoms with Crippen LogP contribution in [0.3, 0.4) is 0 Å². The molecule has 234 valence electrons. The summed E-state index contributed by atoms with van der Waals surface area (Å²) in [4.78, 5) is 31.2. The summed E-state index contributed by atoms with van der Waals surface area (Å²) in [5.41, 5.74) is 2.17. The molecule has 1 fully saturated rings. The van der Waals surface area contributed by atoms with Gasteiger partial charge in [-0.3, -0.25) is 14.5 Å². The van der Waals surface area contributed by atoms with Gasteiger partial charge in [-0.1, -0.05) is 37.7 Å². The molecule has 1 saturated heterocycles. The Balaban J connectivity index is 1.63. The van der Waals surface area contributed by atoms with Gasteiger partial charge in [0.1, 0.15) is 16.7 Å². The van der Waals surface area contributed by atoms with E-state index in [-0.39, 0.29) is 36.1 Å². The van der Waals surface area contributed by atoms with Gasteiger partial charge in [0.15, 0.2) is 5.16 Å². The van der Waals surface area contributed by atoms with Crippen LogP contribution in [0, 0.1) is 0 Å². The molecule has 1 aliphatic rings. The summed E-state index contributed by atoms with van der Waals surface area (Å²) in [6.07, 6.45) is 0.248. The number of nitrogens with one attached hydrogen (secondary N) is 2. The number of carbonyl (C=O) groups is 2. The Kier molecular flexibility index (Phi) is 11.1. The highest BCUT2D eigenvalue weighted by atomic mass is 32.2. The van der Waals surface area contributed by atoms with Crippen molar-refractivity contribution in [2.24, 2.45) is 0 Å². The number of esters is 1. The van der Waals surface area contributed by atoms with Crippen LogP contribution in [0.15, 0.2) is 52.5 Å². The quantitative estimate of drug-likeness (QED) is 0.189. The van der Waals surface area contributed by atoms with E-state index in [4.69, 9.17) is 14.2 Å². The van der Waals surface area contributed by atoms with Crippen molar-refractivity contribution in [3.63, 3.8) is 0 Å². The molecular weight excluding hydrogens is 594 g/mol. The molecule has 0 radical (unpaired) electrons. The second-order valence-electron chi connectivity index (χ2n) is 10.0. The molecule has 43 heavy (non-hydrogen) atoms. The van der Waals surface area contributed by atoms with Crippen molar-refractivity contribution in [1.29, 1.82) is 0 Å². The number of ether oxygens (including phenoxy) is 3. The first-order chi connectivity index (χ1) is 20.6. The Morgan fingerprint density at radius 1 is 1.21 bits per heavy atom. The molecule has 2 N–H and O–H groups in total. The van der Waals surface area contributed by atoms with Crippen LogP contribution in [0.1, 0.15) is 34.1 Å². The monoisotopic (exact) mass is 633 g/mol. The number of hydrogen-bond donors (Lipinski definition) is 2. The van der Waals surface area contributed by atoms with Crippen molar-refractivity contribution >= 4 is 50.4 Å². The van der Waals surface area contributed by atoms with Crippen LogP contribution in [0.25, 0.3) is 11.0 Å². The molecule has 0 bridgehead atoms. The lowest BCUT2D eigenvalue weighted by Crippen LogP contribution is -2.41. The van der Waals surface area contributed by atoms with Gasteiger partial charge in [-0.15, -0.1) is 0 Å². The van der Waals surface area contributed by atoms with E-state index in [9.17, 15) is 18.0 Å². The van der Waals surface area contributed by atoms with Crippen LogP contribution in [0.2, 0.25) is 0 Å². The van der Waals surface area contributed by atoms with Gasteiger partial charge in [0, 0.05) is 18.4 Å².